The van der Waals surface area contributed by atoms with Gasteiger partial charge in [0.15, 0.2) is 0 Å². The first-order valence-electron chi connectivity index (χ1n) is 7.44. The summed E-state index contributed by atoms with van der Waals surface area (Å²) in [6.07, 6.45) is 3.96. The Bertz CT molecular complexity index is 481. The maximum Gasteiger partial charge on any atom is 0.307 e. The number of aryl methyl sites for hydroxylation is 1. The Balaban J connectivity index is 2.32. The molecule has 0 radical (unpaired) electrons. The van der Waals surface area contributed by atoms with Gasteiger partial charge in [0, 0.05) is 0 Å². The van der Waals surface area contributed by atoms with Crippen LogP contribution in [0.5, 0.6) is 5.75 Å². The van der Waals surface area contributed by atoms with E-state index in [1.807, 2.05) is 25.1 Å². The average molecular weight is 276 g/mol. The smallest absolute Gasteiger partial charge is 0.307 e. The van der Waals surface area contributed by atoms with Gasteiger partial charge < -0.3 is 9.84 Å². The molecule has 1 saturated carbocycles. The van der Waals surface area contributed by atoms with Gasteiger partial charge in [0.25, 0.3) is 0 Å². The third-order valence-electron chi connectivity index (χ3n) is 4.73. The summed E-state index contributed by atoms with van der Waals surface area (Å²) in [5.41, 5.74) is 2.31. The van der Waals surface area contributed by atoms with E-state index in [1.165, 1.54) is 5.56 Å². The molecule has 3 heteroatoms. The van der Waals surface area contributed by atoms with E-state index in [-0.39, 0.29) is 11.8 Å². The van der Waals surface area contributed by atoms with Gasteiger partial charge in [-0.25, -0.2) is 0 Å². The third-order valence-corrected chi connectivity index (χ3v) is 4.73. The van der Waals surface area contributed by atoms with Crippen LogP contribution in [0, 0.1) is 18.8 Å². The standard InChI is InChI=1S/C17H24O3/c1-4-12-5-7-15(17(18)19)16(10-12)14-8-6-13(20-3)9-11(14)2/h6,8-9,12,15-16H,4-5,7,10H2,1-3H3,(H,18,19). The lowest BCUT2D eigenvalue weighted by molar-refractivity contribution is -0.143. The molecule has 0 aromatic heterocycles. The summed E-state index contributed by atoms with van der Waals surface area (Å²) in [5.74, 6) is 0.722. The van der Waals surface area contributed by atoms with Crippen LogP contribution in [0.3, 0.4) is 0 Å². The molecule has 1 aliphatic carbocycles. The van der Waals surface area contributed by atoms with Gasteiger partial charge in [0.05, 0.1) is 13.0 Å². The monoisotopic (exact) mass is 276 g/mol. The van der Waals surface area contributed by atoms with Crippen molar-refractivity contribution in [2.45, 2.75) is 45.4 Å². The van der Waals surface area contributed by atoms with Crippen LogP contribution in [-0.2, 0) is 4.79 Å². The van der Waals surface area contributed by atoms with Crippen molar-refractivity contribution in [3.05, 3.63) is 29.3 Å². The van der Waals surface area contributed by atoms with Crippen molar-refractivity contribution in [3.63, 3.8) is 0 Å². The van der Waals surface area contributed by atoms with Crippen LogP contribution >= 0.6 is 0 Å². The van der Waals surface area contributed by atoms with Crippen molar-refractivity contribution in [2.24, 2.45) is 11.8 Å². The normalized spacial score (nSPS) is 26.2. The molecule has 1 N–H and O–H groups in total. The summed E-state index contributed by atoms with van der Waals surface area (Å²) in [4.78, 5) is 11.5. The van der Waals surface area contributed by atoms with Crippen molar-refractivity contribution >= 4 is 5.97 Å². The molecule has 0 bridgehead atoms. The number of carboxylic acid groups (broad SMARTS) is 1. The molecule has 1 aromatic carbocycles. The van der Waals surface area contributed by atoms with Gasteiger partial charge >= 0.3 is 5.97 Å². The van der Waals surface area contributed by atoms with Crippen molar-refractivity contribution in [1.82, 2.24) is 0 Å². The Morgan fingerprint density at radius 2 is 2.15 bits per heavy atom. The fraction of sp³-hybridized carbons (Fsp3) is 0.588. The number of hydrogen-bond acceptors (Lipinski definition) is 2. The second-order valence-electron chi connectivity index (χ2n) is 5.86. The summed E-state index contributed by atoms with van der Waals surface area (Å²) in [5, 5.41) is 9.50. The quantitative estimate of drug-likeness (QED) is 0.904. The first kappa shape index (κ1) is 14.9. The molecule has 0 saturated heterocycles. The van der Waals surface area contributed by atoms with E-state index >= 15 is 0 Å². The van der Waals surface area contributed by atoms with Gasteiger partial charge in [-0.3, -0.25) is 4.79 Å². The Morgan fingerprint density at radius 1 is 1.40 bits per heavy atom. The average Bonchev–Trinajstić information content (AvgIpc) is 2.46. The van der Waals surface area contributed by atoms with Crippen molar-refractivity contribution in [1.29, 1.82) is 0 Å². The summed E-state index contributed by atoms with van der Waals surface area (Å²) < 4.78 is 5.24. The van der Waals surface area contributed by atoms with Crippen LogP contribution < -0.4 is 4.74 Å². The Hall–Kier alpha value is -1.51. The van der Waals surface area contributed by atoms with E-state index in [0.29, 0.717) is 5.92 Å². The van der Waals surface area contributed by atoms with E-state index in [0.717, 1.165) is 37.0 Å². The van der Waals surface area contributed by atoms with Crippen LogP contribution in [0.25, 0.3) is 0 Å². The SMILES string of the molecule is CCC1CCC(C(=O)O)C(c2ccc(OC)cc2C)C1. The zero-order chi connectivity index (χ0) is 14.7. The highest BCUT2D eigenvalue weighted by Crippen LogP contribution is 2.43. The number of aliphatic carboxylic acids is 1. The minimum absolute atomic E-state index is 0.136. The fourth-order valence-electron chi connectivity index (χ4n) is 3.46. The Labute approximate surface area is 121 Å². The second-order valence-corrected chi connectivity index (χ2v) is 5.86. The summed E-state index contributed by atoms with van der Waals surface area (Å²) in [6, 6.07) is 5.99. The lowest BCUT2D eigenvalue weighted by Gasteiger charge is -2.34. The van der Waals surface area contributed by atoms with Crippen LogP contribution in [0.2, 0.25) is 0 Å². The Morgan fingerprint density at radius 3 is 2.70 bits per heavy atom. The molecule has 1 fully saturated rings. The van der Waals surface area contributed by atoms with Gasteiger partial charge in [-0.2, -0.15) is 0 Å². The number of hydrogen-bond donors (Lipinski definition) is 1. The lowest BCUT2D eigenvalue weighted by atomic mass is 9.69. The fourth-order valence-corrected chi connectivity index (χ4v) is 3.46. The molecule has 2 rings (SSSR count). The second kappa shape index (κ2) is 6.29. The predicted octanol–water partition coefficient (Wildman–Crippen LogP) is 4.00. The van der Waals surface area contributed by atoms with Crippen molar-refractivity contribution in [3.8, 4) is 5.75 Å². The minimum Gasteiger partial charge on any atom is -0.497 e. The molecule has 110 valence electrons. The van der Waals surface area contributed by atoms with E-state index in [2.05, 4.69) is 6.92 Å². The highest BCUT2D eigenvalue weighted by atomic mass is 16.5. The van der Waals surface area contributed by atoms with E-state index in [1.54, 1.807) is 7.11 Å². The molecule has 3 nitrogen and oxygen atoms in total. The Kier molecular flexibility index (Phi) is 4.69. The third kappa shape index (κ3) is 2.97. The van der Waals surface area contributed by atoms with Gasteiger partial charge in [0.2, 0.25) is 0 Å². The summed E-state index contributed by atoms with van der Waals surface area (Å²) in [6.45, 7) is 4.25. The molecular formula is C17H24O3. The minimum atomic E-state index is -0.653. The van der Waals surface area contributed by atoms with Crippen LogP contribution in [0.1, 0.15) is 49.7 Å². The summed E-state index contributed by atoms with van der Waals surface area (Å²) in [7, 11) is 1.65. The molecule has 0 spiro atoms. The molecule has 1 aliphatic rings. The van der Waals surface area contributed by atoms with Crippen LogP contribution in [-0.4, -0.2) is 18.2 Å². The molecule has 3 atom stereocenters. The van der Waals surface area contributed by atoms with Gasteiger partial charge in [-0.1, -0.05) is 19.4 Å². The number of rotatable bonds is 4. The van der Waals surface area contributed by atoms with Gasteiger partial charge in [0.1, 0.15) is 5.75 Å². The van der Waals surface area contributed by atoms with Crippen molar-refractivity contribution in [2.75, 3.05) is 7.11 Å². The molecule has 20 heavy (non-hydrogen) atoms. The predicted molar refractivity (Wildman–Crippen MR) is 79.2 cm³/mol. The maximum atomic E-state index is 11.5. The zero-order valence-electron chi connectivity index (χ0n) is 12.6. The number of methoxy groups -OCH3 is 1. The zero-order valence-corrected chi connectivity index (χ0v) is 12.6. The molecular weight excluding hydrogens is 252 g/mol. The highest BCUT2D eigenvalue weighted by molar-refractivity contribution is 5.71. The van der Waals surface area contributed by atoms with E-state index < -0.39 is 5.97 Å². The highest BCUT2D eigenvalue weighted by Gasteiger charge is 2.35. The molecule has 0 amide bonds. The molecule has 0 heterocycles. The molecule has 3 unspecified atom stereocenters. The summed E-state index contributed by atoms with van der Waals surface area (Å²) >= 11 is 0. The number of carbonyl (C=O) groups is 1. The van der Waals surface area contributed by atoms with Crippen molar-refractivity contribution < 1.29 is 14.6 Å². The van der Waals surface area contributed by atoms with Crippen LogP contribution in [0.4, 0.5) is 0 Å². The molecule has 0 aliphatic heterocycles. The maximum absolute atomic E-state index is 11.5. The first-order valence-corrected chi connectivity index (χ1v) is 7.44. The van der Waals surface area contributed by atoms with Crippen LogP contribution in [0.15, 0.2) is 18.2 Å². The lowest BCUT2D eigenvalue weighted by Crippen LogP contribution is -2.29. The van der Waals surface area contributed by atoms with E-state index in [9.17, 15) is 9.90 Å². The number of benzene rings is 1. The van der Waals surface area contributed by atoms with Gasteiger partial charge in [-0.15, -0.1) is 0 Å². The largest absolute Gasteiger partial charge is 0.497 e. The first-order chi connectivity index (χ1) is 9.56. The number of ether oxygens (including phenoxy) is 1. The number of carboxylic acids is 1. The van der Waals surface area contributed by atoms with E-state index in [4.69, 9.17) is 4.74 Å². The topological polar surface area (TPSA) is 46.5 Å². The van der Waals surface area contributed by atoms with Gasteiger partial charge in [-0.05, 0) is 61.3 Å². The molecule has 1 aromatic rings.